The van der Waals surface area contributed by atoms with E-state index in [1.165, 1.54) is 10.8 Å². The van der Waals surface area contributed by atoms with Gasteiger partial charge in [0, 0.05) is 18.2 Å². The van der Waals surface area contributed by atoms with Gasteiger partial charge >= 0.3 is 0 Å². The van der Waals surface area contributed by atoms with Gasteiger partial charge in [0.2, 0.25) is 11.2 Å². The van der Waals surface area contributed by atoms with Crippen molar-refractivity contribution in [3.8, 4) is 5.75 Å². The zero-order valence-corrected chi connectivity index (χ0v) is 11.3. The van der Waals surface area contributed by atoms with Gasteiger partial charge in [0.1, 0.15) is 5.52 Å². The molecule has 1 aromatic carbocycles. The lowest BCUT2D eigenvalue weighted by atomic mass is 10.1. The van der Waals surface area contributed by atoms with Crippen LogP contribution in [0.15, 0.2) is 11.0 Å². The van der Waals surface area contributed by atoms with Gasteiger partial charge < -0.3 is 9.30 Å². The predicted molar refractivity (Wildman–Crippen MR) is 70.6 cm³/mol. The Morgan fingerprint density at radius 1 is 1.18 bits per heavy atom. The van der Waals surface area contributed by atoms with Gasteiger partial charge in [-0.05, 0) is 12.8 Å². The summed E-state index contributed by atoms with van der Waals surface area (Å²) in [7, 11) is 0. The molecule has 0 N–H and O–H groups in total. The number of ether oxygens (including phenoxy) is 1. The molecule has 1 spiro atoms. The molecule has 1 aromatic heterocycles. The van der Waals surface area contributed by atoms with E-state index in [4.69, 9.17) is 4.74 Å². The fourth-order valence-corrected chi connectivity index (χ4v) is 3.00. The van der Waals surface area contributed by atoms with Crippen molar-refractivity contribution >= 4 is 17.2 Å². The lowest BCUT2D eigenvalue weighted by Gasteiger charge is -2.14. The number of carbonyl (C=O) groups excluding carboxylic acids is 1. The van der Waals surface area contributed by atoms with E-state index in [0.717, 1.165) is 12.8 Å². The molecular formula is C15H10F3NO3. The van der Waals surface area contributed by atoms with Crippen LogP contribution in [0.2, 0.25) is 0 Å². The quantitative estimate of drug-likeness (QED) is 0.600. The maximum absolute atomic E-state index is 14.1. The van der Waals surface area contributed by atoms with Gasteiger partial charge in [0.15, 0.2) is 23.7 Å². The van der Waals surface area contributed by atoms with Gasteiger partial charge in [0.05, 0.1) is 17.6 Å². The fourth-order valence-electron chi connectivity index (χ4n) is 3.00. The largest absolute Gasteiger partial charge is 0.488 e. The number of hydrogen-bond acceptors (Lipinski definition) is 3. The van der Waals surface area contributed by atoms with Crippen molar-refractivity contribution in [3.63, 3.8) is 0 Å². The summed E-state index contributed by atoms with van der Waals surface area (Å²) in [5.41, 5.74) is -1.62. The molecule has 0 bridgehead atoms. The maximum atomic E-state index is 14.1. The number of benzene rings is 1. The monoisotopic (exact) mass is 309 g/mol. The molecule has 1 aliphatic carbocycles. The molecule has 1 saturated carbocycles. The first-order valence-electron chi connectivity index (χ1n) is 6.79. The molecule has 0 radical (unpaired) electrons. The third kappa shape index (κ3) is 1.59. The first kappa shape index (κ1) is 13.4. The van der Waals surface area contributed by atoms with Crippen molar-refractivity contribution in [2.45, 2.75) is 19.4 Å². The number of aldehydes is 1. The number of nitrogens with zero attached hydrogens (tertiary/aromatic N) is 1. The predicted octanol–water partition coefficient (Wildman–Crippen LogP) is 2.40. The van der Waals surface area contributed by atoms with E-state index in [1.54, 1.807) is 0 Å². The Morgan fingerprint density at radius 2 is 1.91 bits per heavy atom. The molecule has 1 fully saturated rings. The molecule has 0 saturated heterocycles. The summed E-state index contributed by atoms with van der Waals surface area (Å²) < 4.78 is 48.7. The van der Waals surface area contributed by atoms with Crippen LogP contribution in [0, 0.1) is 22.9 Å². The molecule has 0 amide bonds. The molecule has 0 unspecified atom stereocenters. The Labute approximate surface area is 122 Å². The standard InChI is InChI=1S/C15H10F3NO3/c16-9-8-12-14(11(18)10(9)17)22-6-15(1-2-15)5-19(12)3-7(4-20)13(8)21/h3-4H,1-2,5-6H2. The van der Waals surface area contributed by atoms with E-state index in [9.17, 15) is 22.8 Å². The molecule has 2 aliphatic rings. The van der Waals surface area contributed by atoms with Gasteiger partial charge in [-0.1, -0.05) is 0 Å². The summed E-state index contributed by atoms with van der Waals surface area (Å²) in [5, 5.41) is -0.642. The van der Waals surface area contributed by atoms with Crippen LogP contribution in [0.5, 0.6) is 5.75 Å². The van der Waals surface area contributed by atoms with Gasteiger partial charge in [-0.3, -0.25) is 9.59 Å². The smallest absolute Gasteiger partial charge is 0.205 e. The summed E-state index contributed by atoms with van der Waals surface area (Å²) in [6, 6.07) is 0. The van der Waals surface area contributed by atoms with Crippen molar-refractivity contribution in [2.75, 3.05) is 6.61 Å². The summed E-state index contributed by atoms with van der Waals surface area (Å²) in [6.45, 7) is 0.526. The molecule has 4 nitrogen and oxygen atoms in total. The third-order valence-corrected chi connectivity index (χ3v) is 4.44. The second-order valence-corrected chi connectivity index (χ2v) is 5.94. The minimum absolute atomic E-state index is 0.129. The average Bonchev–Trinajstić information content (AvgIpc) is 3.28. The molecule has 114 valence electrons. The maximum Gasteiger partial charge on any atom is 0.205 e. The van der Waals surface area contributed by atoms with Crippen molar-refractivity contribution in [3.05, 3.63) is 39.4 Å². The third-order valence-electron chi connectivity index (χ3n) is 4.44. The average molecular weight is 309 g/mol. The second-order valence-electron chi connectivity index (χ2n) is 5.94. The van der Waals surface area contributed by atoms with Crippen molar-refractivity contribution < 1.29 is 22.7 Å². The van der Waals surface area contributed by atoms with Crippen LogP contribution < -0.4 is 10.2 Å². The van der Waals surface area contributed by atoms with Gasteiger partial charge in [-0.15, -0.1) is 0 Å². The van der Waals surface area contributed by atoms with E-state index in [2.05, 4.69) is 0 Å². The molecule has 0 atom stereocenters. The van der Waals surface area contributed by atoms with Gasteiger partial charge in [0.25, 0.3) is 0 Å². The SMILES string of the molecule is O=Cc1cn2c3c(c(F)c(F)c(F)c3c1=O)OCC1(CC1)C2. The van der Waals surface area contributed by atoms with Gasteiger partial charge in [-0.2, -0.15) is 4.39 Å². The number of rotatable bonds is 1. The second kappa shape index (κ2) is 4.12. The highest BCUT2D eigenvalue weighted by molar-refractivity contribution is 5.90. The number of carbonyl (C=O) groups is 1. The topological polar surface area (TPSA) is 48.3 Å². The fraction of sp³-hybridized carbons (Fsp3) is 0.333. The molecular weight excluding hydrogens is 299 g/mol. The van der Waals surface area contributed by atoms with Crippen LogP contribution in [0.4, 0.5) is 13.2 Å². The highest BCUT2D eigenvalue weighted by Gasteiger charge is 2.46. The van der Waals surface area contributed by atoms with E-state index >= 15 is 0 Å². The van der Waals surface area contributed by atoms with Crippen LogP contribution in [0.25, 0.3) is 10.9 Å². The van der Waals surface area contributed by atoms with Crippen LogP contribution in [0.3, 0.4) is 0 Å². The van der Waals surface area contributed by atoms with Gasteiger partial charge in [-0.25, -0.2) is 8.78 Å². The molecule has 2 aromatic rings. The number of pyridine rings is 1. The van der Waals surface area contributed by atoms with Crippen LogP contribution in [-0.2, 0) is 6.54 Å². The minimum Gasteiger partial charge on any atom is -0.488 e. The summed E-state index contributed by atoms with van der Waals surface area (Å²) >= 11 is 0. The molecule has 1 aliphatic heterocycles. The zero-order valence-electron chi connectivity index (χ0n) is 11.3. The molecule has 7 heteroatoms. The number of aromatic nitrogens is 1. The first-order valence-corrected chi connectivity index (χ1v) is 6.79. The Balaban J connectivity index is 2.20. The molecule has 4 rings (SSSR count). The van der Waals surface area contributed by atoms with Crippen molar-refractivity contribution in [2.24, 2.45) is 5.41 Å². The van der Waals surface area contributed by atoms with Crippen LogP contribution in [-0.4, -0.2) is 17.5 Å². The van der Waals surface area contributed by atoms with Crippen molar-refractivity contribution in [1.29, 1.82) is 0 Å². The molecule has 2 heterocycles. The summed E-state index contributed by atoms with van der Waals surface area (Å²) in [5.74, 6) is -5.27. The lowest BCUT2D eigenvalue weighted by Crippen LogP contribution is -2.19. The Hall–Kier alpha value is -2.31. The first-order chi connectivity index (χ1) is 10.5. The van der Waals surface area contributed by atoms with Crippen molar-refractivity contribution in [1.82, 2.24) is 4.57 Å². The summed E-state index contributed by atoms with van der Waals surface area (Å²) in [4.78, 5) is 23.2. The van der Waals surface area contributed by atoms with E-state index < -0.39 is 34.0 Å². The normalized spacial score (nSPS) is 18.1. The minimum atomic E-state index is -1.76. The van der Waals surface area contributed by atoms with E-state index in [0.29, 0.717) is 6.54 Å². The zero-order chi connectivity index (χ0) is 15.6. The highest BCUT2D eigenvalue weighted by atomic mass is 19.2. The Bertz CT molecular complexity index is 900. The van der Waals surface area contributed by atoms with Crippen LogP contribution in [0.1, 0.15) is 23.2 Å². The summed E-state index contributed by atoms with van der Waals surface area (Å²) in [6.07, 6.45) is 3.21. The lowest BCUT2D eigenvalue weighted by molar-refractivity contribution is 0.112. The number of halogens is 3. The van der Waals surface area contributed by atoms with Crippen LogP contribution >= 0.6 is 0 Å². The Kier molecular flexibility index (Phi) is 2.50. The Morgan fingerprint density at radius 3 is 2.55 bits per heavy atom. The number of hydrogen-bond donors (Lipinski definition) is 0. The van der Waals surface area contributed by atoms with E-state index in [1.807, 2.05) is 0 Å². The van der Waals surface area contributed by atoms with E-state index in [-0.39, 0.29) is 29.4 Å². The molecule has 22 heavy (non-hydrogen) atoms. The highest BCUT2D eigenvalue weighted by Crippen LogP contribution is 2.50.